The Bertz CT molecular complexity index is 982. The Morgan fingerprint density at radius 1 is 1.12 bits per heavy atom. The van der Waals surface area contributed by atoms with Crippen LogP contribution in [-0.2, 0) is 22.4 Å². The molecular formula is C25H32N4O3. The van der Waals surface area contributed by atoms with Gasteiger partial charge in [0, 0.05) is 55.8 Å². The fourth-order valence-electron chi connectivity index (χ4n) is 4.36. The van der Waals surface area contributed by atoms with Gasteiger partial charge in [-0.25, -0.2) is 14.8 Å². The fourth-order valence-corrected chi connectivity index (χ4v) is 4.36. The van der Waals surface area contributed by atoms with Crippen LogP contribution >= 0.6 is 0 Å². The van der Waals surface area contributed by atoms with Gasteiger partial charge in [0.2, 0.25) is 0 Å². The summed E-state index contributed by atoms with van der Waals surface area (Å²) < 4.78 is 5.10. The van der Waals surface area contributed by atoms with Crippen LogP contribution in [0.4, 0.5) is 5.82 Å². The van der Waals surface area contributed by atoms with Crippen LogP contribution in [0, 0.1) is 0 Å². The number of aromatic nitrogens is 2. The third-order valence-electron chi connectivity index (χ3n) is 6.27. The van der Waals surface area contributed by atoms with Crippen molar-refractivity contribution in [3.63, 3.8) is 0 Å². The molecule has 7 nitrogen and oxygen atoms in total. The van der Waals surface area contributed by atoms with Crippen molar-refractivity contribution in [2.75, 3.05) is 31.6 Å². The lowest BCUT2D eigenvalue weighted by molar-refractivity contribution is -0.136. The molecule has 0 unspecified atom stereocenters. The van der Waals surface area contributed by atoms with Gasteiger partial charge in [-0.05, 0) is 26.7 Å². The average molecular weight is 437 g/mol. The number of piperidine rings is 1. The number of ether oxygens (including phenoxy) is 1. The van der Waals surface area contributed by atoms with Crippen molar-refractivity contribution < 1.29 is 14.6 Å². The van der Waals surface area contributed by atoms with Crippen LogP contribution < -0.4 is 4.90 Å². The zero-order valence-electron chi connectivity index (χ0n) is 19.1. The Hall–Kier alpha value is -2.93. The molecular weight excluding hydrogens is 404 g/mol. The van der Waals surface area contributed by atoms with Crippen molar-refractivity contribution in [3.8, 4) is 11.4 Å². The number of aliphatic hydroxyl groups excluding tert-OH is 1. The second-order valence-electron chi connectivity index (χ2n) is 8.78. The van der Waals surface area contributed by atoms with E-state index in [1.807, 2.05) is 36.5 Å². The Labute approximate surface area is 189 Å². The smallest absolute Gasteiger partial charge is 0.335 e. The van der Waals surface area contributed by atoms with Gasteiger partial charge in [0.25, 0.3) is 0 Å². The van der Waals surface area contributed by atoms with Crippen molar-refractivity contribution in [2.45, 2.75) is 51.7 Å². The lowest BCUT2D eigenvalue weighted by Crippen LogP contribution is -2.38. The van der Waals surface area contributed by atoms with Crippen molar-refractivity contribution in [3.05, 3.63) is 53.4 Å². The molecule has 0 radical (unpaired) electrons. The highest BCUT2D eigenvalue weighted by atomic mass is 16.5. The van der Waals surface area contributed by atoms with Crippen molar-refractivity contribution >= 4 is 11.8 Å². The zero-order valence-corrected chi connectivity index (χ0v) is 19.1. The molecule has 1 N–H and O–H groups in total. The summed E-state index contributed by atoms with van der Waals surface area (Å²) in [4.78, 5) is 27.0. The molecule has 2 aliphatic heterocycles. The Morgan fingerprint density at radius 2 is 1.84 bits per heavy atom. The molecule has 0 bridgehead atoms. The van der Waals surface area contributed by atoms with Crippen LogP contribution in [0.15, 0.2) is 42.1 Å². The Balaban J connectivity index is 1.83. The number of esters is 1. The number of nitrogens with zero attached hydrogens (tertiary/aromatic N) is 4. The third-order valence-corrected chi connectivity index (χ3v) is 6.27. The number of anilines is 1. The van der Waals surface area contributed by atoms with E-state index in [0.29, 0.717) is 30.7 Å². The molecule has 0 aliphatic carbocycles. The molecule has 1 saturated heterocycles. The summed E-state index contributed by atoms with van der Waals surface area (Å²) in [5, 5.41) is 10.0. The zero-order chi connectivity index (χ0) is 22.7. The van der Waals surface area contributed by atoms with Crippen LogP contribution in [0.25, 0.3) is 11.4 Å². The summed E-state index contributed by atoms with van der Waals surface area (Å²) in [6.45, 7) is 6.46. The summed E-state index contributed by atoms with van der Waals surface area (Å²) in [6.07, 6.45) is 4.28. The highest BCUT2D eigenvalue weighted by Gasteiger charge is 2.28. The van der Waals surface area contributed by atoms with Gasteiger partial charge >= 0.3 is 5.97 Å². The van der Waals surface area contributed by atoms with Gasteiger partial charge in [-0.2, -0.15) is 0 Å². The molecule has 7 heteroatoms. The number of benzene rings is 1. The minimum atomic E-state index is -0.323. The third kappa shape index (κ3) is 4.78. The molecule has 4 rings (SSSR count). The largest absolute Gasteiger partial charge is 0.466 e. The van der Waals surface area contributed by atoms with Gasteiger partial charge < -0.3 is 19.6 Å². The van der Waals surface area contributed by atoms with Gasteiger partial charge in [0.05, 0.1) is 24.5 Å². The van der Waals surface area contributed by atoms with E-state index in [2.05, 4.69) is 23.6 Å². The average Bonchev–Trinajstić information content (AvgIpc) is 2.79. The maximum absolute atomic E-state index is 12.6. The first-order valence-electron chi connectivity index (χ1n) is 11.4. The van der Waals surface area contributed by atoms with Crippen molar-refractivity contribution in [1.29, 1.82) is 0 Å². The van der Waals surface area contributed by atoms with Gasteiger partial charge in [-0.15, -0.1) is 0 Å². The first-order chi connectivity index (χ1) is 15.5. The first-order valence-corrected chi connectivity index (χ1v) is 11.4. The monoisotopic (exact) mass is 436 g/mol. The molecule has 0 saturated carbocycles. The van der Waals surface area contributed by atoms with Gasteiger partial charge in [-0.1, -0.05) is 30.3 Å². The van der Waals surface area contributed by atoms with Crippen LogP contribution in [0.2, 0.25) is 0 Å². The second kappa shape index (κ2) is 9.69. The van der Waals surface area contributed by atoms with E-state index in [1.165, 1.54) is 7.11 Å². The van der Waals surface area contributed by atoms with Crippen LogP contribution in [-0.4, -0.2) is 64.8 Å². The van der Waals surface area contributed by atoms with Gasteiger partial charge in [0.1, 0.15) is 5.82 Å². The quantitative estimate of drug-likeness (QED) is 0.738. The summed E-state index contributed by atoms with van der Waals surface area (Å²) in [5.41, 5.74) is 3.54. The van der Waals surface area contributed by atoms with E-state index in [1.54, 1.807) is 0 Å². The van der Waals surface area contributed by atoms with E-state index in [-0.39, 0.29) is 18.1 Å². The molecule has 170 valence electrons. The molecule has 0 amide bonds. The molecule has 2 aliphatic rings. The molecule has 32 heavy (non-hydrogen) atoms. The number of hydrogen-bond donors (Lipinski definition) is 1. The molecule has 2 aromatic rings. The van der Waals surface area contributed by atoms with E-state index in [9.17, 15) is 9.90 Å². The van der Waals surface area contributed by atoms with E-state index in [4.69, 9.17) is 14.7 Å². The highest BCUT2D eigenvalue weighted by molar-refractivity contribution is 5.89. The summed E-state index contributed by atoms with van der Waals surface area (Å²) in [7, 11) is 1.42. The first kappa shape index (κ1) is 22.3. The topological polar surface area (TPSA) is 78.8 Å². The molecule has 1 aromatic heterocycles. The fraction of sp³-hybridized carbons (Fsp3) is 0.480. The number of carbonyl (C=O) groups is 1. The molecule has 0 atom stereocenters. The van der Waals surface area contributed by atoms with Gasteiger partial charge in [0.15, 0.2) is 5.82 Å². The predicted molar refractivity (Wildman–Crippen MR) is 124 cm³/mol. The van der Waals surface area contributed by atoms with Crippen LogP contribution in [0.1, 0.15) is 37.9 Å². The highest BCUT2D eigenvalue weighted by Crippen LogP contribution is 2.31. The predicted octanol–water partition coefficient (Wildman–Crippen LogP) is 2.97. The summed E-state index contributed by atoms with van der Waals surface area (Å²) in [6, 6.07) is 10.3. The maximum Gasteiger partial charge on any atom is 0.335 e. The lowest BCUT2D eigenvalue weighted by Gasteiger charge is -2.34. The normalized spacial score (nSPS) is 19.1. The van der Waals surface area contributed by atoms with Crippen LogP contribution in [0.5, 0.6) is 0 Å². The summed E-state index contributed by atoms with van der Waals surface area (Å²) in [5.74, 6) is 1.25. The maximum atomic E-state index is 12.6. The lowest BCUT2D eigenvalue weighted by atomic mass is 9.98. The number of aliphatic hydroxyl groups is 1. The second-order valence-corrected chi connectivity index (χ2v) is 8.78. The number of rotatable bonds is 4. The number of hydrogen-bond acceptors (Lipinski definition) is 7. The Kier molecular flexibility index (Phi) is 6.74. The van der Waals surface area contributed by atoms with E-state index < -0.39 is 0 Å². The standard InChI is InChI=1S/C25H32N4O3/c1-17(2)29-14-11-22-21(15-19(16-29)25(31)32-3)24(28-12-9-20(30)10-13-28)27-23(26-22)18-7-5-4-6-8-18/h4-8,16-17,20,30H,9-15H2,1-3H3/b19-16+. The van der Waals surface area contributed by atoms with E-state index >= 15 is 0 Å². The SMILES string of the molecule is COC(=O)/C1=C/N(C(C)C)CCc2nc(-c3ccccc3)nc(N3CCC(O)CC3)c2C1. The van der Waals surface area contributed by atoms with Crippen molar-refractivity contribution in [2.24, 2.45) is 0 Å². The number of carbonyl (C=O) groups excluding carboxylic acids is 1. The minimum Gasteiger partial charge on any atom is -0.466 e. The molecule has 1 aromatic carbocycles. The Morgan fingerprint density at radius 3 is 2.50 bits per heavy atom. The minimum absolute atomic E-state index is 0.259. The summed E-state index contributed by atoms with van der Waals surface area (Å²) >= 11 is 0. The van der Waals surface area contributed by atoms with Gasteiger partial charge in [-0.3, -0.25) is 0 Å². The molecule has 0 spiro atoms. The van der Waals surface area contributed by atoms with E-state index in [0.717, 1.165) is 48.7 Å². The number of methoxy groups -OCH3 is 1. The number of fused-ring (bicyclic) bond motifs is 1. The van der Waals surface area contributed by atoms with Crippen molar-refractivity contribution in [1.82, 2.24) is 14.9 Å². The van der Waals surface area contributed by atoms with Crippen LogP contribution in [0.3, 0.4) is 0 Å². The molecule has 1 fully saturated rings. The molecule has 3 heterocycles.